The third-order valence-corrected chi connectivity index (χ3v) is 4.51. The van der Waals surface area contributed by atoms with Crippen LogP contribution in [0.4, 0.5) is 5.69 Å². The fourth-order valence-electron chi connectivity index (χ4n) is 2.07. The molecule has 3 rings (SSSR count). The van der Waals surface area contributed by atoms with E-state index in [1.807, 2.05) is 0 Å². The third-order valence-electron chi connectivity index (χ3n) is 3.11. The molecule has 2 aromatic rings. The summed E-state index contributed by atoms with van der Waals surface area (Å²) >= 11 is 0. The Labute approximate surface area is 121 Å². The molecule has 2 heterocycles. The van der Waals surface area contributed by atoms with Crippen LogP contribution in [0.15, 0.2) is 41.6 Å². The first-order chi connectivity index (χ1) is 9.97. The first-order valence-electron chi connectivity index (χ1n) is 6.06. The van der Waals surface area contributed by atoms with Crippen molar-refractivity contribution < 1.29 is 23.2 Å². The minimum Gasteiger partial charge on any atom is -0.506 e. The van der Waals surface area contributed by atoms with Crippen LogP contribution < -0.4 is 10.2 Å². The Morgan fingerprint density at radius 2 is 2.14 bits per heavy atom. The van der Waals surface area contributed by atoms with Crippen LogP contribution in [0.25, 0.3) is 0 Å². The van der Waals surface area contributed by atoms with E-state index in [1.165, 1.54) is 18.3 Å². The summed E-state index contributed by atoms with van der Waals surface area (Å²) in [5.74, 6) is -0.387. The number of sulfonamides is 1. The van der Waals surface area contributed by atoms with E-state index < -0.39 is 17.1 Å². The maximum Gasteiger partial charge on any atom is 0.491 e. The van der Waals surface area contributed by atoms with Crippen LogP contribution in [0.2, 0.25) is 0 Å². The Hall–Kier alpha value is -2.10. The van der Waals surface area contributed by atoms with E-state index in [1.54, 1.807) is 12.1 Å². The molecular formula is C12H11BN2O5S. The van der Waals surface area contributed by atoms with Gasteiger partial charge in [0.2, 0.25) is 0 Å². The molecule has 0 saturated carbocycles. The highest BCUT2D eigenvalue weighted by molar-refractivity contribution is 7.92. The fourth-order valence-corrected chi connectivity index (χ4v) is 3.16. The number of aromatic nitrogens is 1. The third kappa shape index (κ3) is 2.58. The van der Waals surface area contributed by atoms with Crippen LogP contribution in [0.1, 0.15) is 5.56 Å². The molecule has 0 unspecified atom stereocenters. The van der Waals surface area contributed by atoms with Crippen molar-refractivity contribution in [3.05, 3.63) is 42.2 Å². The van der Waals surface area contributed by atoms with Gasteiger partial charge in [0.05, 0.1) is 12.8 Å². The molecule has 1 aromatic heterocycles. The van der Waals surface area contributed by atoms with Crippen molar-refractivity contribution in [1.82, 2.24) is 4.98 Å². The number of aromatic hydroxyl groups is 1. The number of hydrogen-bond donors (Lipinski definition) is 3. The SMILES string of the molecule is O=S(=O)(Nc1ccc2c(c1)B(O)OC2)c1cnccc1O. The molecule has 0 fully saturated rings. The molecule has 7 nitrogen and oxygen atoms in total. The Bertz CT molecular complexity index is 796. The topological polar surface area (TPSA) is 109 Å². The molecule has 1 aromatic carbocycles. The van der Waals surface area contributed by atoms with Crippen molar-refractivity contribution in [2.45, 2.75) is 11.5 Å². The van der Waals surface area contributed by atoms with Crippen molar-refractivity contribution >= 4 is 28.3 Å². The van der Waals surface area contributed by atoms with Gasteiger partial charge in [-0.3, -0.25) is 9.71 Å². The molecule has 0 aliphatic carbocycles. The molecule has 0 saturated heterocycles. The summed E-state index contributed by atoms with van der Waals surface area (Å²) in [5.41, 5.74) is 1.59. The van der Waals surface area contributed by atoms with Gasteiger partial charge in [0.1, 0.15) is 10.6 Å². The summed E-state index contributed by atoms with van der Waals surface area (Å²) in [6, 6.07) is 5.92. The summed E-state index contributed by atoms with van der Waals surface area (Å²) in [7, 11) is -5.02. The average Bonchev–Trinajstić information content (AvgIpc) is 2.80. The van der Waals surface area contributed by atoms with Crippen LogP contribution >= 0.6 is 0 Å². The van der Waals surface area contributed by atoms with Gasteiger partial charge in [-0.25, -0.2) is 8.42 Å². The lowest BCUT2D eigenvalue weighted by molar-refractivity contribution is 0.275. The first kappa shape index (κ1) is 13.9. The molecule has 21 heavy (non-hydrogen) atoms. The van der Waals surface area contributed by atoms with E-state index in [-0.39, 0.29) is 22.9 Å². The molecular weight excluding hydrogens is 295 g/mol. The second kappa shape index (κ2) is 5.03. The summed E-state index contributed by atoms with van der Waals surface area (Å²) in [5, 5.41) is 19.2. The second-order valence-corrected chi connectivity index (χ2v) is 6.18. The zero-order valence-electron chi connectivity index (χ0n) is 10.7. The Morgan fingerprint density at radius 1 is 1.33 bits per heavy atom. The monoisotopic (exact) mass is 306 g/mol. The molecule has 108 valence electrons. The second-order valence-electron chi connectivity index (χ2n) is 4.53. The largest absolute Gasteiger partial charge is 0.506 e. The molecule has 0 radical (unpaired) electrons. The van der Waals surface area contributed by atoms with Crippen molar-refractivity contribution in [3.8, 4) is 5.75 Å². The lowest BCUT2D eigenvalue weighted by atomic mass is 9.79. The highest BCUT2D eigenvalue weighted by Gasteiger charge is 2.28. The maximum atomic E-state index is 12.2. The maximum absolute atomic E-state index is 12.2. The number of anilines is 1. The molecule has 1 aliphatic rings. The van der Waals surface area contributed by atoms with Crippen LogP contribution in [0.5, 0.6) is 5.75 Å². The Kier molecular flexibility index (Phi) is 3.32. The van der Waals surface area contributed by atoms with Gasteiger partial charge in [-0.15, -0.1) is 0 Å². The quantitative estimate of drug-likeness (QED) is 0.678. The number of rotatable bonds is 3. The van der Waals surface area contributed by atoms with Crippen LogP contribution in [0.3, 0.4) is 0 Å². The summed E-state index contributed by atoms with van der Waals surface area (Å²) in [4.78, 5) is 3.37. The van der Waals surface area contributed by atoms with E-state index in [9.17, 15) is 18.5 Å². The van der Waals surface area contributed by atoms with Gasteiger partial charge in [0, 0.05) is 11.9 Å². The highest BCUT2D eigenvalue weighted by atomic mass is 32.2. The molecule has 0 spiro atoms. The average molecular weight is 306 g/mol. The zero-order chi connectivity index (χ0) is 15.0. The van der Waals surface area contributed by atoms with Crippen molar-refractivity contribution in [3.63, 3.8) is 0 Å². The smallest absolute Gasteiger partial charge is 0.491 e. The molecule has 0 amide bonds. The summed E-state index contributed by atoms with van der Waals surface area (Å²) in [6.45, 7) is 0.285. The van der Waals surface area contributed by atoms with E-state index in [0.29, 0.717) is 5.46 Å². The zero-order valence-corrected chi connectivity index (χ0v) is 11.5. The minimum atomic E-state index is -3.96. The van der Waals surface area contributed by atoms with Gasteiger partial charge in [-0.05, 0) is 29.2 Å². The Balaban J connectivity index is 1.94. The number of hydrogen-bond acceptors (Lipinski definition) is 6. The van der Waals surface area contributed by atoms with Gasteiger partial charge in [-0.2, -0.15) is 0 Å². The standard InChI is InChI=1S/C12H11BN2O5S/c16-11-3-4-14-6-12(11)21(18,19)15-9-2-1-8-7-20-13(17)10(8)5-9/h1-6,15,17H,7H2,(H,14,16). The lowest BCUT2D eigenvalue weighted by Crippen LogP contribution is -2.28. The van der Waals surface area contributed by atoms with Crippen LogP contribution in [-0.2, 0) is 21.3 Å². The fraction of sp³-hybridized carbons (Fsp3) is 0.0833. The van der Waals surface area contributed by atoms with Gasteiger partial charge in [0.15, 0.2) is 0 Å². The van der Waals surface area contributed by atoms with Gasteiger partial charge < -0.3 is 14.8 Å². The highest BCUT2D eigenvalue weighted by Crippen LogP contribution is 2.23. The van der Waals surface area contributed by atoms with E-state index in [0.717, 1.165) is 11.8 Å². The normalized spacial score (nSPS) is 14.0. The number of pyridine rings is 1. The van der Waals surface area contributed by atoms with Crippen LogP contribution in [-0.4, -0.2) is 30.7 Å². The predicted molar refractivity (Wildman–Crippen MR) is 75.5 cm³/mol. The van der Waals surface area contributed by atoms with Crippen molar-refractivity contribution in [2.24, 2.45) is 0 Å². The number of nitrogens with one attached hydrogen (secondary N) is 1. The van der Waals surface area contributed by atoms with Crippen LogP contribution in [0, 0.1) is 0 Å². The van der Waals surface area contributed by atoms with Gasteiger partial charge in [0.25, 0.3) is 10.0 Å². The van der Waals surface area contributed by atoms with Crippen molar-refractivity contribution in [1.29, 1.82) is 0 Å². The van der Waals surface area contributed by atoms with Gasteiger partial charge in [-0.1, -0.05) is 6.07 Å². The molecule has 0 bridgehead atoms. The van der Waals surface area contributed by atoms with E-state index in [2.05, 4.69) is 9.71 Å². The predicted octanol–water partition coefficient (Wildman–Crippen LogP) is -0.194. The van der Waals surface area contributed by atoms with E-state index in [4.69, 9.17) is 4.65 Å². The molecule has 1 aliphatic heterocycles. The molecule has 3 N–H and O–H groups in total. The van der Waals surface area contributed by atoms with Gasteiger partial charge >= 0.3 is 7.12 Å². The first-order valence-corrected chi connectivity index (χ1v) is 7.54. The number of nitrogens with zero attached hydrogens (tertiary/aromatic N) is 1. The minimum absolute atomic E-state index is 0.265. The molecule has 9 heteroatoms. The summed E-state index contributed by atoms with van der Waals surface area (Å²) < 4.78 is 31.8. The number of benzene rings is 1. The summed E-state index contributed by atoms with van der Waals surface area (Å²) in [6.07, 6.45) is 2.35. The molecule has 0 atom stereocenters. The number of fused-ring (bicyclic) bond motifs is 1. The Morgan fingerprint density at radius 3 is 2.90 bits per heavy atom. The lowest BCUT2D eigenvalue weighted by Gasteiger charge is -2.10. The van der Waals surface area contributed by atoms with E-state index >= 15 is 0 Å². The van der Waals surface area contributed by atoms with Crippen molar-refractivity contribution in [2.75, 3.05) is 4.72 Å².